The summed E-state index contributed by atoms with van der Waals surface area (Å²) in [5.41, 5.74) is 5.62. The molecule has 11 nitrogen and oxygen atoms in total. The SMILES string of the molecule is NC1C(O)C(CO)OC(OC2OC(CO)C(O)C(O)C2O)C1O. The summed E-state index contributed by atoms with van der Waals surface area (Å²) in [6, 6.07) is -1.18. The summed E-state index contributed by atoms with van der Waals surface area (Å²) in [6.07, 6.45) is -13.0. The molecule has 2 aliphatic heterocycles. The lowest BCUT2D eigenvalue weighted by molar-refractivity contribution is -0.368. The number of hydrogen-bond donors (Lipinski definition) is 8. The van der Waals surface area contributed by atoms with Gasteiger partial charge in [-0.3, -0.25) is 0 Å². The van der Waals surface area contributed by atoms with Gasteiger partial charge in [-0.15, -0.1) is 0 Å². The van der Waals surface area contributed by atoms with Crippen LogP contribution in [0, 0.1) is 0 Å². The molecule has 9 N–H and O–H groups in total. The van der Waals surface area contributed by atoms with E-state index in [2.05, 4.69) is 0 Å². The van der Waals surface area contributed by atoms with Crippen LogP contribution >= 0.6 is 0 Å². The Morgan fingerprint density at radius 3 is 1.70 bits per heavy atom. The van der Waals surface area contributed by atoms with E-state index >= 15 is 0 Å². The number of ether oxygens (including phenoxy) is 3. The van der Waals surface area contributed by atoms with E-state index in [1.807, 2.05) is 0 Å². The van der Waals surface area contributed by atoms with Gasteiger partial charge < -0.3 is 55.7 Å². The molecule has 0 aromatic rings. The lowest BCUT2D eigenvalue weighted by Gasteiger charge is -2.44. The molecule has 2 aliphatic rings. The first-order valence-electron chi connectivity index (χ1n) is 7.15. The van der Waals surface area contributed by atoms with Crippen molar-refractivity contribution in [2.24, 2.45) is 5.73 Å². The predicted octanol–water partition coefficient (Wildman–Crippen LogP) is -5.43. The minimum Gasteiger partial charge on any atom is -0.394 e. The molecule has 11 heteroatoms. The summed E-state index contributed by atoms with van der Waals surface area (Å²) in [7, 11) is 0. The zero-order valence-corrected chi connectivity index (χ0v) is 12.1. The minimum atomic E-state index is -1.68. The fraction of sp³-hybridized carbons (Fsp3) is 1.00. The van der Waals surface area contributed by atoms with Crippen LogP contribution in [0.2, 0.25) is 0 Å². The van der Waals surface area contributed by atoms with Gasteiger partial charge in [0.15, 0.2) is 12.6 Å². The van der Waals surface area contributed by atoms with Gasteiger partial charge in [-0.1, -0.05) is 0 Å². The Hall–Kier alpha value is -0.440. The highest BCUT2D eigenvalue weighted by Gasteiger charge is 2.49. The lowest BCUT2D eigenvalue weighted by atomic mass is 9.97. The minimum absolute atomic E-state index is 0.587. The fourth-order valence-corrected chi connectivity index (χ4v) is 2.54. The molecule has 2 fully saturated rings. The molecule has 23 heavy (non-hydrogen) atoms. The summed E-state index contributed by atoms with van der Waals surface area (Å²) in [5, 5.41) is 67.1. The number of aliphatic hydroxyl groups excluding tert-OH is 7. The van der Waals surface area contributed by atoms with Gasteiger partial charge in [0, 0.05) is 0 Å². The Morgan fingerprint density at radius 2 is 1.17 bits per heavy atom. The van der Waals surface area contributed by atoms with Crippen LogP contribution in [0.4, 0.5) is 0 Å². The predicted molar refractivity (Wildman–Crippen MR) is 70.6 cm³/mol. The summed E-state index contributed by atoms with van der Waals surface area (Å²) in [5.74, 6) is 0. The first-order valence-corrected chi connectivity index (χ1v) is 7.15. The van der Waals surface area contributed by atoms with Crippen molar-refractivity contribution in [3.63, 3.8) is 0 Å². The van der Waals surface area contributed by atoms with Gasteiger partial charge in [0.25, 0.3) is 0 Å². The Kier molecular flexibility index (Phi) is 6.27. The third-order valence-corrected chi connectivity index (χ3v) is 4.05. The Balaban J connectivity index is 2.07. The molecule has 10 unspecified atom stereocenters. The summed E-state index contributed by atoms with van der Waals surface area (Å²) in [4.78, 5) is 0. The van der Waals surface area contributed by atoms with Crippen LogP contribution in [0.5, 0.6) is 0 Å². The lowest BCUT2D eigenvalue weighted by Crippen LogP contribution is -2.65. The number of aliphatic hydroxyl groups is 7. The van der Waals surface area contributed by atoms with E-state index < -0.39 is 74.6 Å². The topological polar surface area (TPSA) is 195 Å². The van der Waals surface area contributed by atoms with Crippen molar-refractivity contribution in [2.75, 3.05) is 13.2 Å². The molecule has 136 valence electrons. The maximum atomic E-state index is 9.96. The number of rotatable bonds is 4. The van der Waals surface area contributed by atoms with Crippen LogP contribution in [0.1, 0.15) is 0 Å². The second kappa shape index (κ2) is 7.63. The molecule has 0 aliphatic carbocycles. The normalized spacial score (nSPS) is 51.7. The van der Waals surface area contributed by atoms with Crippen molar-refractivity contribution < 1.29 is 50.0 Å². The molecule has 10 atom stereocenters. The van der Waals surface area contributed by atoms with Crippen molar-refractivity contribution in [1.82, 2.24) is 0 Å². The Morgan fingerprint density at radius 1 is 0.696 bits per heavy atom. The van der Waals surface area contributed by atoms with Gasteiger partial charge in [0.05, 0.1) is 19.3 Å². The van der Waals surface area contributed by atoms with E-state index in [0.29, 0.717) is 0 Å². The van der Waals surface area contributed by atoms with Gasteiger partial charge in [-0.25, -0.2) is 0 Å². The fourth-order valence-electron chi connectivity index (χ4n) is 2.54. The van der Waals surface area contributed by atoms with Gasteiger partial charge in [0.2, 0.25) is 0 Å². The summed E-state index contributed by atoms with van der Waals surface area (Å²) in [6.45, 7) is -1.23. The van der Waals surface area contributed by atoms with E-state index in [0.717, 1.165) is 0 Å². The Bertz CT molecular complexity index is 349. The average molecular weight is 341 g/mol. The molecule has 0 bridgehead atoms. The van der Waals surface area contributed by atoms with Gasteiger partial charge >= 0.3 is 0 Å². The van der Waals surface area contributed by atoms with Gasteiger partial charge in [0.1, 0.15) is 42.7 Å². The first kappa shape index (κ1) is 18.9. The highest BCUT2D eigenvalue weighted by Crippen LogP contribution is 2.27. The van der Waals surface area contributed by atoms with Crippen molar-refractivity contribution in [1.29, 1.82) is 0 Å². The van der Waals surface area contributed by atoms with E-state index in [1.165, 1.54) is 0 Å². The molecule has 2 rings (SSSR count). The molecular formula is C12H23NO10. The van der Waals surface area contributed by atoms with Crippen molar-refractivity contribution in [3.8, 4) is 0 Å². The van der Waals surface area contributed by atoms with Crippen molar-refractivity contribution in [2.45, 2.75) is 61.3 Å². The molecule has 0 aromatic carbocycles. The second-order valence-corrected chi connectivity index (χ2v) is 5.62. The summed E-state index contributed by atoms with van der Waals surface area (Å²) >= 11 is 0. The average Bonchev–Trinajstić information content (AvgIpc) is 2.55. The zero-order chi connectivity index (χ0) is 17.3. The van der Waals surface area contributed by atoms with Crippen LogP contribution in [-0.4, -0.2) is 110 Å². The van der Waals surface area contributed by atoms with Crippen LogP contribution in [0.15, 0.2) is 0 Å². The molecule has 2 heterocycles. The van der Waals surface area contributed by atoms with Crippen LogP contribution in [0.25, 0.3) is 0 Å². The maximum absolute atomic E-state index is 9.96. The van der Waals surface area contributed by atoms with Crippen LogP contribution in [-0.2, 0) is 14.2 Å². The van der Waals surface area contributed by atoms with Gasteiger partial charge in [-0.05, 0) is 0 Å². The first-order chi connectivity index (χ1) is 10.8. The monoisotopic (exact) mass is 341 g/mol. The highest BCUT2D eigenvalue weighted by molar-refractivity contribution is 4.93. The van der Waals surface area contributed by atoms with E-state index in [4.69, 9.17) is 30.2 Å². The second-order valence-electron chi connectivity index (χ2n) is 5.62. The third-order valence-electron chi connectivity index (χ3n) is 4.05. The molecule has 0 aromatic heterocycles. The standard InChI is InChI=1S/C12H23NO10/c13-5-6(16)3(1-14)21-11(8(5)18)23-12-10(20)9(19)7(17)4(2-15)22-12/h3-12,14-20H,1-2,13H2. The Labute approximate surface area is 131 Å². The van der Waals surface area contributed by atoms with E-state index in [-0.39, 0.29) is 0 Å². The van der Waals surface area contributed by atoms with Crippen LogP contribution in [0.3, 0.4) is 0 Å². The van der Waals surface area contributed by atoms with Crippen molar-refractivity contribution in [3.05, 3.63) is 0 Å². The maximum Gasteiger partial charge on any atom is 0.189 e. The van der Waals surface area contributed by atoms with Crippen LogP contribution < -0.4 is 5.73 Å². The van der Waals surface area contributed by atoms with E-state index in [9.17, 15) is 25.5 Å². The van der Waals surface area contributed by atoms with E-state index in [1.54, 1.807) is 0 Å². The third kappa shape index (κ3) is 3.65. The zero-order valence-electron chi connectivity index (χ0n) is 12.1. The molecule has 0 amide bonds. The highest BCUT2D eigenvalue weighted by atomic mass is 16.8. The number of nitrogens with two attached hydrogens (primary N) is 1. The molecule has 2 saturated heterocycles. The molecule has 0 spiro atoms. The quantitative estimate of drug-likeness (QED) is 0.243. The van der Waals surface area contributed by atoms with Crippen molar-refractivity contribution >= 4 is 0 Å². The summed E-state index contributed by atoms with van der Waals surface area (Å²) < 4.78 is 15.5. The van der Waals surface area contributed by atoms with Gasteiger partial charge in [-0.2, -0.15) is 0 Å². The molecule has 0 radical (unpaired) electrons. The molecule has 0 saturated carbocycles. The molecular weight excluding hydrogens is 318 g/mol. The number of hydrogen-bond acceptors (Lipinski definition) is 11. The smallest absolute Gasteiger partial charge is 0.189 e. The largest absolute Gasteiger partial charge is 0.394 e.